The summed E-state index contributed by atoms with van der Waals surface area (Å²) in [6, 6.07) is 6.91. The normalized spacial score (nSPS) is 21.2. The molecular formula is C16H20FNO2. The summed E-state index contributed by atoms with van der Waals surface area (Å²) in [5.74, 6) is 0.451. The van der Waals surface area contributed by atoms with Crippen LogP contribution in [0.5, 0.6) is 0 Å². The maximum absolute atomic E-state index is 13.7. The van der Waals surface area contributed by atoms with Crippen LogP contribution in [0.4, 0.5) is 4.39 Å². The van der Waals surface area contributed by atoms with E-state index in [1.54, 1.807) is 6.07 Å². The molecule has 1 aromatic heterocycles. The van der Waals surface area contributed by atoms with E-state index in [2.05, 4.69) is 12.2 Å². The van der Waals surface area contributed by atoms with Crippen LogP contribution in [-0.2, 0) is 4.74 Å². The van der Waals surface area contributed by atoms with Gasteiger partial charge < -0.3 is 14.5 Å². The molecule has 20 heavy (non-hydrogen) atoms. The van der Waals surface area contributed by atoms with Crippen molar-refractivity contribution in [2.24, 2.45) is 0 Å². The van der Waals surface area contributed by atoms with Crippen LogP contribution in [-0.4, -0.2) is 19.3 Å². The van der Waals surface area contributed by atoms with Crippen LogP contribution >= 0.6 is 0 Å². The smallest absolute Gasteiger partial charge is 0.169 e. The fourth-order valence-corrected chi connectivity index (χ4v) is 2.86. The molecule has 1 fully saturated rings. The van der Waals surface area contributed by atoms with Gasteiger partial charge in [0.1, 0.15) is 5.76 Å². The van der Waals surface area contributed by atoms with Gasteiger partial charge in [-0.3, -0.25) is 0 Å². The van der Waals surface area contributed by atoms with Gasteiger partial charge in [0, 0.05) is 12.0 Å². The third-order valence-electron chi connectivity index (χ3n) is 3.83. The van der Waals surface area contributed by atoms with Crippen molar-refractivity contribution in [1.29, 1.82) is 0 Å². The van der Waals surface area contributed by atoms with Crippen LogP contribution in [0, 0.1) is 5.82 Å². The molecule has 0 saturated carbocycles. The number of halogens is 1. The summed E-state index contributed by atoms with van der Waals surface area (Å²) in [6.07, 6.45) is 3.40. The molecule has 4 heteroatoms. The van der Waals surface area contributed by atoms with Crippen molar-refractivity contribution >= 4 is 11.0 Å². The highest BCUT2D eigenvalue weighted by Gasteiger charge is 2.28. The Hall–Kier alpha value is -1.39. The number of hydrogen-bond donors (Lipinski definition) is 1. The van der Waals surface area contributed by atoms with E-state index in [0.29, 0.717) is 5.58 Å². The first-order valence-corrected chi connectivity index (χ1v) is 7.32. The Balaban J connectivity index is 1.93. The number of benzene rings is 1. The Morgan fingerprint density at radius 1 is 1.40 bits per heavy atom. The van der Waals surface area contributed by atoms with Gasteiger partial charge in [0.05, 0.1) is 12.1 Å². The molecule has 108 valence electrons. The Bertz CT molecular complexity index is 575. The summed E-state index contributed by atoms with van der Waals surface area (Å²) in [5, 5.41) is 4.21. The van der Waals surface area contributed by atoms with Gasteiger partial charge in [0.25, 0.3) is 0 Å². The van der Waals surface area contributed by atoms with Crippen molar-refractivity contribution in [3.05, 3.63) is 35.8 Å². The lowest BCUT2D eigenvalue weighted by molar-refractivity contribution is -0.0120. The molecule has 1 aliphatic heterocycles. The van der Waals surface area contributed by atoms with Crippen molar-refractivity contribution in [2.75, 3.05) is 13.2 Å². The average molecular weight is 277 g/mol. The van der Waals surface area contributed by atoms with Crippen LogP contribution in [0.3, 0.4) is 0 Å². The molecule has 2 aromatic rings. The lowest BCUT2D eigenvalue weighted by Gasteiger charge is -2.29. The molecule has 2 heterocycles. The van der Waals surface area contributed by atoms with Crippen molar-refractivity contribution in [3.8, 4) is 0 Å². The molecule has 1 saturated heterocycles. The Kier molecular flexibility index (Phi) is 4.03. The van der Waals surface area contributed by atoms with Gasteiger partial charge in [0.2, 0.25) is 0 Å². The maximum Gasteiger partial charge on any atom is 0.169 e. The number of likely N-dealkylation sites (N-methyl/N-ethyl adjacent to an activating group) is 1. The summed E-state index contributed by atoms with van der Waals surface area (Å²) in [6.45, 7) is 3.67. The minimum Gasteiger partial charge on any atom is -0.456 e. The van der Waals surface area contributed by atoms with Gasteiger partial charge in [-0.25, -0.2) is 4.39 Å². The molecule has 3 nitrogen and oxygen atoms in total. The molecular weight excluding hydrogens is 257 g/mol. The van der Waals surface area contributed by atoms with E-state index in [1.807, 2.05) is 12.1 Å². The van der Waals surface area contributed by atoms with Gasteiger partial charge in [-0.05, 0) is 37.9 Å². The molecule has 1 aliphatic rings. The Labute approximate surface area is 118 Å². The number of fused-ring (bicyclic) bond motifs is 1. The summed E-state index contributed by atoms with van der Waals surface area (Å²) < 4.78 is 25.4. The van der Waals surface area contributed by atoms with Crippen LogP contribution in [0.1, 0.15) is 38.0 Å². The summed E-state index contributed by atoms with van der Waals surface area (Å²) in [7, 11) is 0. The first-order chi connectivity index (χ1) is 9.79. The third-order valence-corrected chi connectivity index (χ3v) is 3.83. The fourth-order valence-electron chi connectivity index (χ4n) is 2.86. The van der Waals surface area contributed by atoms with Crippen LogP contribution < -0.4 is 5.32 Å². The number of nitrogens with one attached hydrogen (secondary N) is 1. The Morgan fingerprint density at radius 2 is 2.30 bits per heavy atom. The number of ether oxygens (including phenoxy) is 1. The number of furan rings is 1. The van der Waals surface area contributed by atoms with Crippen molar-refractivity contribution in [2.45, 2.75) is 38.3 Å². The summed E-state index contributed by atoms with van der Waals surface area (Å²) in [4.78, 5) is 0. The molecule has 0 amide bonds. The first kappa shape index (κ1) is 13.6. The summed E-state index contributed by atoms with van der Waals surface area (Å²) >= 11 is 0. The molecule has 3 rings (SSSR count). The fraction of sp³-hybridized carbons (Fsp3) is 0.500. The first-order valence-electron chi connectivity index (χ1n) is 7.32. The predicted octanol–water partition coefficient (Wildman–Crippen LogP) is 3.79. The average Bonchev–Trinajstić information content (AvgIpc) is 2.91. The van der Waals surface area contributed by atoms with Gasteiger partial charge in [-0.2, -0.15) is 0 Å². The lowest BCUT2D eigenvalue weighted by Crippen LogP contribution is -2.35. The van der Waals surface area contributed by atoms with Crippen LogP contribution in [0.15, 0.2) is 28.7 Å². The zero-order chi connectivity index (χ0) is 13.9. The molecule has 2 unspecified atom stereocenters. The predicted molar refractivity (Wildman–Crippen MR) is 76.2 cm³/mol. The zero-order valence-electron chi connectivity index (χ0n) is 11.7. The van der Waals surface area contributed by atoms with E-state index in [4.69, 9.17) is 9.15 Å². The zero-order valence-corrected chi connectivity index (χ0v) is 11.7. The molecule has 2 atom stereocenters. The highest BCUT2D eigenvalue weighted by Crippen LogP contribution is 2.31. The van der Waals surface area contributed by atoms with Gasteiger partial charge in [-0.15, -0.1) is 0 Å². The summed E-state index contributed by atoms with van der Waals surface area (Å²) in [5.41, 5.74) is 0.334. The number of rotatable bonds is 4. The molecule has 1 aromatic carbocycles. The molecule has 0 radical (unpaired) electrons. The minimum atomic E-state index is -0.312. The van der Waals surface area contributed by atoms with Gasteiger partial charge in [0.15, 0.2) is 11.4 Å². The van der Waals surface area contributed by atoms with Crippen molar-refractivity contribution in [3.63, 3.8) is 0 Å². The number of hydrogen-bond acceptors (Lipinski definition) is 3. The van der Waals surface area contributed by atoms with E-state index in [9.17, 15) is 4.39 Å². The van der Waals surface area contributed by atoms with E-state index in [-0.39, 0.29) is 18.0 Å². The standard InChI is InChI=1S/C16H20FNO2/c1-2-18-15(13-8-3-4-9-19-13)14-10-11-6-5-7-12(17)16(11)20-14/h5-7,10,13,15,18H,2-4,8-9H2,1H3. The number of para-hydroxylation sites is 1. The monoisotopic (exact) mass is 277 g/mol. The molecule has 1 N–H and O–H groups in total. The van der Waals surface area contributed by atoms with Crippen LogP contribution in [0.2, 0.25) is 0 Å². The maximum atomic E-state index is 13.7. The SMILES string of the molecule is CCNC(c1cc2cccc(F)c2o1)C1CCCCO1. The topological polar surface area (TPSA) is 34.4 Å². The van der Waals surface area contributed by atoms with E-state index < -0.39 is 0 Å². The molecule has 0 bridgehead atoms. The highest BCUT2D eigenvalue weighted by atomic mass is 19.1. The lowest BCUT2D eigenvalue weighted by atomic mass is 10.00. The largest absolute Gasteiger partial charge is 0.456 e. The second-order valence-electron chi connectivity index (χ2n) is 5.25. The van der Waals surface area contributed by atoms with Crippen molar-refractivity contribution < 1.29 is 13.5 Å². The van der Waals surface area contributed by atoms with Crippen molar-refractivity contribution in [1.82, 2.24) is 5.32 Å². The molecule has 0 spiro atoms. The third kappa shape index (κ3) is 2.58. The Morgan fingerprint density at radius 3 is 3.00 bits per heavy atom. The van der Waals surface area contributed by atoms with E-state index in [1.165, 1.54) is 12.5 Å². The van der Waals surface area contributed by atoms with Gasteiger partial charge >= 0.3 is 0 Å². The molecule has 0 aliphatic carbocycles. The van der Waals surface area contributed by atoms with Crippen LogP contribution in [0.25, 0.3) is 11.0 Å². The van der Waals surface area contributed by atoms with E-state index in [0.717, 1.165) is 37.1 Å². The van der Waals surface area contributed by atoms with Gasteiger partial charge in [-0.1, -0.05) is 19.1 Å². The van der Waals surface area contributed by atoms with E-state index >= 15 is 0 Å². The minimum absolute atomic E-state index is 0.00731. The quantitative estimate of drug-likeness (QED) is 0.923. The second-order valence-corrected chi connectivity index (χ2v) is 5.25. The highest BCUT2D eigenvalue weighted by molar-refractivity contribution is 5.78. The second kappa shape index (κ2) is 5.94.